The van der Waals surface area contributed by atoms with Crippen LogP contribution in [0.4, 0.5) is 9.18 Å². The molecule has 1 amide bonds. The van der Waals surface area contributed by atoms with Crippen LogP contribution in [0.1, 0.15) is 15.9 Å². The Kier molecular flexibility index (Phi) is 7.48. The van der Waals surface area contributed by atoms with E-state index in [1.807, 2.05) is 6.07 Å². The molecular formula is C24H20FNO5. The van der Waals surface area contributed by atoms with Crippen molar-refractivity contribution in [2.45, 2.75) is 12.5 Å². The van der Waals surface area contributed by atoms with Crippen LogP contribution in [0.15, 0.2) is 84.9 Å². The van der Waals surface area contributed by atoms with Gasteiger partial charge in [-0.1, -0.05) is 48.5 Å². The first-order chi connectivity index (χ1) is 15.0. The lowest BCUT2D eigenvalue weighted by Gasteiger charge is -2.17. The molecule has 31 heavy (non-hydrogen) atoms. The maximum atomic E-state index is 13.0. The fraction of sp³-hybridized carbons (Fsp3) is 0.125. The van der Waals surface area contributed by atoms with Crippen LogP contribution >= 0.6 is 0 Å². The van der Waals surface area contributed by atoms with Gasteiger partial charge in [-0.2, -0.15) is 0 Å². The summed E-state index contributed by atoms with van der Waals surface area (Å²) >= 11 is 0. The summed E-state index contributed by atoms with van der Waals surface area (Å²) in [7, 11) is 0. The van der Waals surface area contributed by atoms with Gasteiger partial charge in [0.2, 0.25) is 0 Å². The Morgan fingerprint density at radius 3 is 2.10 bits per heavy atom. The van der Waals surface area contributed by atoms with Gasteiger partial charge in [-0.15, -0.1) is 0 Å². The van der Waals surface area contributed by atoms with Gasteiger partial charge in [0.05, 0.1) is 0 Å². The molecule has 7 heteroatoms. The van der Waals surface area contributed by atoms with Crippen LogP contribution in [-0.4, -0.2) is 30.5 Å². The molecule has 0 fully saturated rings. The van der Waals surface area contributed by atoms with E-state index in [0.717, 1.165) is 17.7 Å². The SMILES string of the molecule is O=C(N[C@@H](Cc1ccccc1)C(=O)OCC(=O)c1ccc(F)cc1)Oc1ccccc1. The lowest BCUT2D eigenvalue weighted by Crippen LogP contribution is -2.45. The molecule has 3 aromatic rings. The minimum atomic E-state index is -1.07. The van der Waals surface area contributed by atoms with Crippen molar-refractivity contribution < 1.29 is 28.2 Å². The Labute approximate surface area is 178 Å². The van der Waals surface area contributed by atoms with Crippen molar-refractivity contribution in [1.29, 1.82) is 0 Å². The Balaban J connectivity index is 1.64. The molecule has 0 saturated heterocycles. The number of para-hydroxylation sites is 1. The van der Waals surface area contributed by atoms with Gasteiger partial charge < -0.3 is 14.8 Å². The molecule has 0 saturated carbocycles. The van der Waals surface area contributed by atoms with E-state index in [9.17, 15) is 18.8 Å². The zero-order valence-electron chi connectivity index (χ0n) is 16.5. The Hall–Kier alpha value is -4.00. The summed E-state index contributed by atoms with van der Waals surface area (Å²) in [5, 5.41) is 2.49. The second-order valence-electron chi connectivity index (χ2n) is 6.63. The molecular weight excluding hydrogens is 401 g/mol. The van der Waals surface area contributed by atoms with Gasteiger partial charge in [-0.25, -0.2) is 14.0 Å². The fourth-order valence-electron chi connectivity index (χ4n) is 2.77. The summed E-state index contributed by atoms with van der Waals surface area (Å²) in [6, 6.07) is 21.3. The Bertz CT molecular complexity index is 1020. The average molecular weight is 421 g/mol. The molecule has 1 N–H and O–H groups in total. The number of nitrogens with one attached hydrogen (secondary N) is 1. The number of benzene rings is 3. The minimum absolute atomic E-state index is 0.147. The second kappa shape index (κ2) is 10.7. The predicted octanol–water partition coefficient (Wildman–Crippen LogP) is 3.95. The Morgan fingerprint density at radius 2 is 1.45 bits per heavy atom. The van der Waals surface area contributed by atoms with E-state index >= 15 is 0 Å². The zero-order chi connectivity index (χ0) is 22.1. The first-order valence-corrected chi connectivity index (χ1v) is 9.54. The van der Waals surface area contributed by atoms with Gasteiger partial charge in [0, 0.05) is 12.0 Å². The number of rotatable bonds is 8. The van der Waals surface area contributed by atoms with Gasteiger partial charge >= 0.3 is 12.1 Å². The molecule has 158 valence electrons. The second-order valence-corrected chi connectivity index (χ2v) is 6.63. The monoisotopic (exact) mass is 421 g/mol. The number of hydrogen-bond donors (Lipinski definition) is 1. The number of halogens is 1. The van der Waals surface area contributed by atoms with E-state index < -0.39 is 36.3 Å². The topological polar surface area (TPSA) is 81.7 Å². The molecule has 0 spiro atoms. The van der Waals surface area contributed by atoms with Crippen LogP contribution in [0, 0.1) is 5.82 Å². The highest BCUT2D eigenvalue weighted by atomic mass is 19.1. The number of amides is 1. The smallest absolute Gasteiger partial charge is 0.413 e. The molecule has 6 nitrogen and oxygen atoms in total. The average Bonchev–Trinajstić information content (AvgIpc) is 2.78. The molecule has 0 bridgehead atoms. The van der Waals surface area contributed by atoms with Crippen molar-refractivity contribution in [3.05, 3.63) is 102 Å². The van der Waals surface area contributed by atoms with E-state index in [1.54, 1.807) is 54.6 Å². The summed E-state index contributed by atoms with van der Waals surface area (Å²) < 4.78 is 23.3. The normalized spacial score (nSPS) is 11.3. The molecule has 0 aliphatic carbocycles. The number of Topliss-reactive ketones (excluding diaryl/α,β-unsaturated/α-hetero) is 1. The molecule has 0 aromatic heterocycles. The summed E-state index contributed by atoms with van der Waals surface area (Å²) in [6.07, 6.45) is -0.678. The van der Waals surface area contributed by atoms with Crippen molar-refractivity contribution in [1.82, 2.24) is 5.32 Å². The first kappa shape index (κ1) is 21.7. The van der Waals surface area contributed by atoms with Gasteiger partial charge in [-0.05, 0) is 42.0 Å². The van der Waals surface area contributed by atoms with Gasteiger partial charge in [-0.3, -0.25) is 4.79 Å². The van der Waals surface area contributed by atoms with Crippen molar-refractivity contribution in [3.8, 4) is 5.75 Å². The van der Waals surface area contributed by atoms with Crippen LogP contribution < -0.4 is 10.1 Å². The standard InChI is InChI=1S/C24H20FNO5/c25-19-13-11-18(12-14-19)22(27)16-30-23(28)21(15-17-7-3-1-4-8-17)26-24(29)31-20-9-5-2-6-10-20/h1-14,21H,15-16H2,(H,26,29)/t21-/m0/s1. The number of carbonyl (C=O) groups is 3. The van der Waals surface area contributed by atoms with Gasteiger partial charge in [0.25, 0.3) is 0 Å². The third-order valence-corrected chi connectivity index (χ3v) is 4.32. The van der Waals surface area contributed by atoms with E-state index in [1.165, 1.54) is 12.1 Å². The van der Waals surface area contributed by atoms with Gasteiger partial charge in [0.1, 0.15) is 17.6 Å². The number of ketones is 1. The molecule has 0 heterocycles. The highest BCUT2D eigenvalue weighted by Gasteiger charge is 2.25. The summed E-state index contributed by atoms with van der Waals surface area (Å²) in [5.74, 6) is -1.43. The van der Waals surface area contributed by atoms with Crippen LogP contribution in [0.5, 0.6) is 5.75 Å². The largest absolute Gasteiger partial charge is 0.456 e. The number of carbonyl (C=O) groups excluding carboxylic acids is 3. The third kappa shape index (κ3) is 6.78. The summed E-state index contributed by atoms with van der Waals surface area (Å²) in [5.41, 5.74) is 1.000. The van der Waals surface area contributed by atoms with Crippen LogP contribution in [0.25, 0.3) is 0 Å². The van der Waals surface area contributed by atoms with Crippen LogP contribution in [0.2, 0.25) is 0 Å². The summed E-state index contributed by atoms with van der Waals surface area (Å²) in [6.45, 7) is -0.537. The molecule has 0 aliphatic heterocycles. The Morgan fingerprint density at radius 1 is 0.839 bits per heavy atom. The highest BCUT2D eigenvalue weighted by Crippen LogP contribution is 2.10. The lowest BCUT2D eigenvalue weighted by molar-refractivity contribution is -0.144. The van der Waals surface area contributed by atoms with Crippen LogP contribution in [0.3, 0.4) is 0 Å². The molecule has 3 rings (SSSR count). The van der Waals surface area contributed by atoms with E-state index in [2.05, 4.69) is 5.32 Å². The minimum Gasteiger partial charge on any atom is -0.456 e. The van der Waals surface area contributed by atoms with Crippen molar-refractivity contribution >= 4 is 17.8 Å². The fourth-order valence-corrected chi connectivity index (χ4v) is 2.77. The summed E-state index contributed by atoms with van der Waals surface area (Å²) in [4.78, 5) is 37.1. The quantitative estimate of drug-likeness (QED) is 0.440. The number of ether oxygens (including phenoxy) is 2. The van der Waals surface area contributed by atoms with Crippen LogP contribution in [-0.2, 0) is 16.0 Å². The van der Waals surface area contributed by atoms with Gasteiger partial charge in [0.15, 0.2) is 12.4 Å². The molecule has 0 aliphatic rings. The molecule has 0 unspecified atom stereocenters. The van der Waals surface area contributed by atoms with Crippen molar-refractivity contribution in [3.63, 3.8) is 0 Å². The van der Waals surface area contributed by atoms with Crippen molar-refractivity contribution in [2.24, 2.45) is 0 Å². The highest BCUT2D eigenvalue weighted by molar-refractivity contribution is 5.98. The van der Waals surface area contributed by atoms with E-state index in [-0.39, 0.29) is 12.0 Å². The molecule has 3 aromatic carbocycles. The number of esters is 1. The number of hydrogen-bond acceptors (Lipinski definition) is 5. The maximum Gasteiger partial charge on any atom is 0.413 e. The van der Waals surface area contributed by atoms with E-state index in [4.69, 9.17) is 9.47 Å². The third-order valence-electron chi connectivity index (χ3n) is 4.32. The van der Waals surface area contributed by atoms with E-state index in [0.29, 0.717) is 5.75 Å². The lowest BCUT2D eigenvalue weighted by atomic mass is 10.1. The predicted molar refractivity (Wildman–Crippen MR) is 111 cm³/mol. The molecule has 0 radical (unpaired) electrons. The zero-order valence-corrected chi connectivity index (χ0v) is 16.5. The van der Waals surface area contributed by atoms with Crippen molar-refractivity contribution in [2.75, 3.05) is 6.61 Å². The maximum absolute atomic E-state index is 13.0. The first-order valence-electron chi connectivity index (χ1n) is 9.54. The molecule has 1 atom stereocenters.